The molecule has 0 aliphatic rings. The fourth-order valence-electron chi connectivity index (χ4n) is 1.64. The maximum absolute atomic E-state index is 11.0. The van der Waals surface area contributed by atoms with E-state index in [1.54, 1.807) is 0 Å². The van der Waals surface area contributed by atoms with E-state index < -0.39 is 0 Å². The van der Waals surface area contributed by atoms with Gasteiger partial charge >= 0.3 is 5.97 Å². The zero-order chi connectivity index (χ0) is 12.3. The van der Waals surface area contributed by atoms with Gasteiger partial charge in [-0.1, -0.05) is 6.07 Å². The Kier molecular flexibility index (Phi) is 3.39. The molecule has 90 valence electrons. The molecule has 0 amide bonds. The van der Waals surface area contributed by atoms with Gasteiger partial charge in [0.05, 0.1) is 7.11 Å². The average molecular weight is 234 g/mol. The lowest BCUT2D eigenvalue weighted by atomic mass is 10.0. The van der Waals surface area contributed by atoms with Crippen molar-refractivity contribution in [3.63, 3.8) is 0 Å². The minimum atomic E-state index is -0.249. The molecule has 0 aliphatic carbocycles. The minimum Gasteiger partial charge on any atom is -0.469 e. The van der Waals surface area contributed by atoms with Crippen LogP contribution in [0.15, 0.2) is 29.0 Å². The van der Waals surface area contributed by atoms with Gasteiger partial charge in [-0.3, -0.25) is 4.79 Å². The Morgan fingerprint density at radius 1 is 1.59 bits per heavy atom. The van der Waals surface area contributed by atoms with Crippen molar-refractivity contribution in [2.24, 2.45) is 5.73 Å². The van der Waals surface area contributed by atoms with Crippen molar-refractivity contribution >= 4 is 17.1 Å². The highest BCUT2D eigenvalue weighted by molar-refractivity contribution is 5.73. The van der Waals surface area contributed by atoms with Gasteiger partial charge in [-0.2, -0.15) is 0 Å². The number of fused-ring (bicyclic) bond motifs is 1. The number of benzene rings is 1. The normalized spacial score (nSPS) is 12.6. The second kappa shape index (κ2) is 4.97. The summed E-state index contributed by atoms with van der Waals surface area (Å²) in [5.74, 6) is -0.249. The zero-order valence-electron chi connectivity index (χ0n) is 9.55. The SMILES string of the molecule is COC(=O)CCC(N)c1ccc2ncoc2c1. The number of rotatable bonds is 4. The first-order valence-corrected chi connectivity index (χ1v) is 5.36. The third-order valence-electron chi connectivity index (χ3n) is 2.67. The van der Waals surface area contributed by atoms with Gasteiger partial charge < -0.3 is 14.9 Å². The summed E-state index contributed by atoms with van der Waals surface area (Å²) < 4.78 is 9.77. The number of nitrogens with two attached hydrogens (primary N) is 1. The number of hydrogen-bond acceptors (Lipinski definition) is 5. The topological polar surface area (TPSA) is 78.4 Å². The average Bonchev–Trinajstić information content (AvgIpc) is 2.82. The lowest BCUT2D eigenvalue weighted by molar-refractivity contribution is -0.140. The van der Waals surface area contributed by atoms with Gasteiger partial charge in [0.25, 0.3) is 0 Å². The van der Waals surface area contributed by atoms with Crippen LogP contribution in [-0.2, 0) is 9.53 Å². The molecule has 2 N–H and O–H groups in total. The first-order chi connectivity index (χ1) is 8.20. The molecule has 1 unspecified atom stereocenters. The summed E-state index contributed by atoms with van der Waals surface area (Å²) in [6.07, 6.45) is 2.26. The molecule has 1 heterocycles. The molecule has 0 radical (unpaired) electrons. The van der Waals surface area contributed by atoms with Gasteiger partial charge in [0.2, 0.25) is 0 Å². The smallest absolute Gasteiger partial charge is 0.305 e. The highest BCUT2D eigenvalue weighted by Gasteiger charge is 2.10. The summed E-state index contributed by atoms with van der Waals surface area (Å²) in [6, 6.07) is 5.40. The predicted molar refractivity (Wildman–Crippen MR) is 62.2 cm³/mol. The van der Waals surface area contributed by atoms with E-state index in [0.29, 0.717) is 18.4 Å². The van der Waals surface area contributed by atoms with Crippen molar-refractivity contribution in [1.82, 2.24) is 4.98 Å². The van der Waals surface area contributed by atoms with E-state index in [1.165, 1.54) is 13.5 Å². The molecule has 0 saturated carbocycles. The third-order valence-corrected chi connectivity index (χ3v) is 2.67. The van der Waals surface area contributed by atoms with Crippen LogP contribution in [0, 0.1) is 0 Å². The van der Waals surface area contributed by atoms with E-state index in [2.05, 4.69) is 9.72 Å². The van der Waals surface area contributed by atoms with E-state index in [1.807, 2.05) is 18.2 Å². The quantitative estimate of drug-likeness (QED) is 0.816. The Balaban J connectivity index is 2.07. The Morgan fingerprint density at radius 2 is 2.41 bits per heavy atom. The summed E-state index contributed by atoms with van der Waals surface area (Å²) in [6.45, 7) is 0. The molecule has 0 aliphatic heterocycles. The van der Waals surface area contributed by atoms with Gasteiger partial charge in [0.1, 0.15) is 5.52 Å². The van der Waals surface area contributed by atoms with E-state index in [4.69, 9.17) is 10.2 Å². The molecule has 1 atom stereocenters. The van der Waals surface area contributed by atoms with E-state index in [-0.39, 0.29) is 12.0 Å². The lowest BCUT2D eigenvalue weighted by Crippen LogP contribution is -2.12. The van der Waals surface area contributed by atoms with Gasteiger partial charge in [0, 0.05) is 12.5 Å². The van der Waals surface area contributed by atoms with Crippen LogP contribution in [0.3, 0.4) is 0 Å². The molecule has 0 spiro atoms. The molecule has 17 heavy (non-hydrogen) atoms. The molecule has 2 aromatic rings. The van der Waals surface area contributed by atoms with Crippen molar-refractivity contribution in [3.05, 3.63) is 30.2 Å². The number of nitrogens with zero attached hydrogens (tertiary/aromatic N) is 1. The van der Waals surface area contributed by atoms with Crippen LogP contribution >= 0.6 is 0 Å². The summed E-state index contributed by atoms with van der Waals surface area (Å²) in [7, 11) is 1.37. The Hall–Kier alpha value is -1.88. The fraction of sp³-hybridized carbons (Fsp3) is 0.333. The molecule has 1 aromatic heterocycles. The van der Waals surface area contributed by atoms with Crippen molar-refractivity contribution in [2.45, 2.75) is 18.9 Å². The highest BCUT2D eigenvalue weighted by Crippen LogP contribution is 2.21. The van der Waals surface area contributed by atoms with E-state index in [9.17, 15) is 4.79 Å². The van der Waals surface area contributed by atoms with Crippen LogP contribution in [-0.4, -0.2) is 18.1 Å². The number of methoxy groups -OCH3 is 1. The lowest BCUT2D eigenvalue weighted by Gasteiger charge is -2.10. The van der Waals surface area contributed by atoms with Gasteiger partial charge in [0.15, 0.2) is 12.0 Å². The number of ether oxygens (including phenoxy) is 1. The Bertz CT molecular complexity index is 521. The van der Waals surface area contributed by atoms with Crippen LogP contribution < -0.4 is 5.73 Å². The first kappa shape index (κ1) is 11.6. The van der Waals surface area contributed by atoms with Crippen LogP contribution in [0.5, 0.6) is 0 Å². The van der Waals surface area contributed by atoms with Crippen molar-refractivity contribution in [1.29, 1.82) is 0 Å². The minimum absolute atomic E-state index is 0.205. The molecule has 5 heteroatoms. The van der Waals surface area contributed by atoms with Crippen LogP contribution in [0.2, 0.25) is 0 Å². The van der Waals surface area contributed by atoms with Crippen LogP contribution in [0.4, 0.5) is 0 Å². The Morgan fingerprint density at radius 3 is 3.18 bits per heavy atom. The number of hydrogen-bond donors (Lipinski definition) is 1. The molecule has 5 nitrogen and oxygen atoms in total. The predicted octanol–water partition coefficient (Wildman–Crippen LogP) is 1.78. The van der Waals surface area contributed by atoms with Crippen LogP contribution in [0.25, 0.3) is 11.1 Å². The molecule has 0 fully saturated rings. The monoisotopic (exact) mass is 234 g/mol. The number of aromatic nitrogens is 1. The number of oxazole rings is 1. The van der Waals surface area contributed by atoms with E-state index >= 15 is 0 Å². The highest BCUT2D eigenvalue weighted by atomic mass is 16.5. The second-order valence-electron chi connectivity index (χ2n) is 3.80. The Labute approximate surface area is 98.6 Å². The van der Waals surface area contributed by atoms with Crippen molar-refractivity contribution < 1.29 is 13.9 Å². The number of carbonyl (C=O) groups excluding carboxylic acids is 1. The maximum atomic E-state index is 11.0. The van der Waals surface area contributed by atoms with Crippen LogP contribution in [0.1, 0.15) is 24.4 Å². The molecular formula is C12H14N2O3. The summed E-state index contributed by atoms with van der Waals surface area (Å²) in [4.78, 5) is 15.0. The third kappa shape index (κ3) is 2.62. The summed E-state index contributed by atoms with van der Waals surface area (Å²) >= 11 is 0. The largest absolute Gasteiger partial charge is 0.469 e. The number of esters is 1. The van der Waals surface area contributed by atoms with Gasteiger partial charge in [-0.25, -0.2) is 4.98 Å². The maximum Gasteiger partial charge on any atom is 0.305 e. The standard InChI is InChI=1S/C12H14N2O3/c1-16-12(15)5-3-9(13)8-2-4-10-11(6-8)17-7-14-10/h2,4,6-7,9H,3,5,13H2,1H3. The summed E-state index contributed by atoms with van der Waals surface area (Å²) in [5.41, 5.74) is 8.42. The zero-order valence-corrected chi connectivity index (χ0v) is 9.55. The fourth-order valence-corrected chi connectivity index (χ4v) is 1.64. The molecule has 0 saturated heterocycles. The van der Waals surface area contributed by atoms with E-state index in [0.717, 1.165) is 11.1 Å². The van der Waals surface area contributed by atoms with Gasteiger partial charge in [-0.05, 0) is 24.1 Å². The molecule has 0 bridgehead atoms. The number of carbonyl (C=O) groups is 1. The molecule has 1 aromatic carbocycles. The van der Waals surface area contributed by atoms with Crippen molar-refractivity contribution in [3.8, 4) is 0 Å². The molecular weight excluding hydrogens is 220 g/mol. The van der Waals surface area contributed by atoms with Crippen molar-refractivity contribution in [2.75, 3.05) is 7.11 Å². The summed E-state index contributed by atoms with van der Waals surface area (Å²) in [5, 5.41) is 0. The molecule has 2 rings (SSSR count). The van der Waals surface area contributed by atoms with Gasteiger partial charge in [-0.15, -0.1) is 0 Å². The second-order valence-corrected chi connectivity index (χ2v) is 3.80. The first-order valence-electron chi connectivity index (χ1n) is 5.36.